The van der Waals surface area contributed by atoms with Crippen molar-refractivity contribution in [3.05, 3.63) is 50.9 Å². The molecular formula is C12H9BrN4O. The van der Waals surface area contributed by atoms with Crippen molar-refractivity contribution in [1.29, 1.82) is 0 Å². The van der Waals surface area contributed by atoms with E-state index in [4.69, 9.17) is 0 Å². The van der Waals surface area contributed by atoms with E-state index in [2.05, 4.69) is 31.0 Å². The van der Waals surface area contributed by atoms with E-state index in [0.717, 1.165) is 5.56 Å². The van der Waals surface area contributed by atoms with Crippen LogP contribution in [0.25, 0.3) is 17.2 Å². The molecule has 5 nitrogen and oxygen atoms in total. The minimum atomic E-state index is -0.188. The highest BCUT2D eigenvalue weighted by molar-refractivity contribution is 9.10. The minimum Gasteiger partial charge on any atom is -0.271 e. The van der Waals surface area contributed by atoms with Gasteiger partial charge in [0.1, 0.15) is 4.47 Å². The first-order valence-corrected chi connectivity index (χ1v) is 6.16. The van der Waals surface area contributed by atoms with E-state index < -0.39 is 0 Å². The molecular weight excluding hydrogens is 296 g/mol. The summed E-state index contributed by atoms with van der Waals surface area (Å²) in [6, 6.07) is 9.60. The number of hydrogen-bond donors (Lipinski definition) is 1. The number of fused-ring (bicyclic) bond motifs is 1. The summed E-state index contributed by atoms with van der Waals surface area (Å²) in [4.78, 5) is 20.6. The fourth-order valence-electron chi connectivity index (χ4n) is 1.72. The predicted octanol–water partition coefficient (Wildman–Crippen LogP) is 2.16. The van der Waals surface area contributed by atoms with Gasteiger partial charge < -0.3 is 0 Å². The molecule has 2 heterocycles. The SMILES string of the molecule is Cc1nc2nc(-c3ccccc3)[nH]n2c(=O)c1Br. The Morgan fingerprint density at radius 3 is 2.67 bits per heavy atom. The van der Waals surface area contributed by atoms with Crippen LogP contribution in [0.3, 0.4) is 0 Å². The number of H-pyrrole nitrogens is 1. The van der Waals surface area contributed by atoms with Gasteiger partial charge in [-0.3, -0.25) is 9.89 Å². The second-order valence-electron chi connectivity index (χ2n) is 3.89. The smallest absolute Gasteiger partial charge is 0.271 e. The zero-order chi connectivity index (χ0) is 12.7. The van der Waals surface area contributed by atoms with Crippen molar-refractivity contribution in [3.63, 3.8) is 0 Å². The Morgan fingerprint density at radius 2 is 1.94 bits per heavy atom. The van der Waals surface area contributed by atoms with Crippen molar-refractivity contribution in [3.8, 4) is 11.4 Å². The summed E-state index contributed by atoms with van der Waals surface area (Å²) < 4.78 is 1.78. The van der Waals surface area contributed by atoms with Crippen LogP contribution >= 0.6 is 15.9 Å². The average molecular weight is 305 g/mol. The molecule has 3 rings (SSSR count). The lowest BCUT2D eigenvalue weighted by atomic mass is 10.2. The second-order valence-corrected chi connectivity index (χ2v) is 4.68. The van der Waals surface area contributed by atoms with Gasteiger partial charge in [-0.25, -0.2) is 4.98 Å². The molecule has 0 fully saturated rings. The van der Waals surface area contributed by atoms with E-state index >= 15 is 0 Å². The zero-order valence-electron chi connectivity index (χ0n) is 9.51. The van der Waals surface area contributed by atoms with Crippen LogP contribution in [-0.2, 0) is 0 Å². The van der Waals surface area contributed by atoms with E-state index in [1.54, 1.807) is 6.92 Å². The van der Waals surface area contributed by atoms with Gasteiger partial charge in [-0.2, -0.15) is 9.50 Å². The Hall–Kier alpha value is -1.95. The Labute approximate surface area is 111 Å². The number of hydrogen-bond acceptors (Lipinski definition) is 3. The van der Waals surface area contributed by atoms with E-state index in [-0.39, 0.29) is 5.56 Å². The largest absolute Gasteiger partial charge is 0.288 e. The van der Waals surface area contributed by atoms with E-state index in [1.165, 1.54) is 4.52 Å². The molecule has 0 bridgehead atoms. The van der Waals surface area contributed by atoms with Crippen LogP contribution in [0.2, 0.25) is 0 Å². The van der Waals surface area contributed by atoms with Crippen LogP contribution in [-0.4, -0.2) is 19.6 Å². The molecule has 1 aromatic carbocycles. The Bertz CT molecular complexity index is 776. The average Bonchev–Trinajstić information content (AvgIpc) is 2.81. The van der Waals surface area contributed by atoms with Crippen molar-refractivity contribution in [2.24, 2.45) is 0 Å². The Balaban J connectivity index is 2.30. The van der Waals surface area contributed by atoms with Gasteiger partial charge in [-0.05, 0) is 22.9 Å². The number of rotatable bonds is 1. The summed E-state index contributed by atoms with van der Waals surface area (Å²) in [5.41, 5.74) is 1.36. The van der Waals surface area contributed by atoms with Gasteiger partial charge in [0.25, 0.3) is 11.3 Å². The third-order valence-corrected chi connectivity index (χ3v) is 3.57. The third kappa shape index (κ3) is 1.65. The van der Waals surface area contributed by atoms with E-state index in [0.29, 0.717) is 21.8 Å². The molecule has 2 aromatic heterocycles. The van der Waals surface area contributed by atoms with Gasteiger partial charge in [-0.15, -0.1) is 0 Å². The van der Waals surface area contributed by atoms with Gasteiger partial charge in [0.2, 0.25) is 0 Å². The molecule has 0 aliphatic rings. The lowest BCUT2D eigenvalue weighted by Gasteiger charge is -1.95. The summed E-state index contributed by atoms with van der Waals surface area (Å²) in [6.45, 7) is 1.77. The first-order valence-electron chi connectivity index (χ1n) is 5.37. The van der Waals surface area contributed by atoms with Gasteiger partial charge in [0, 0.05) is 5.56 Å². The molecule has 0 amide bonds. The summed E-state index contributed by atoms with van der Waals surface area (Å²) >= 11 is 3.22. The monoisotopic (exact) mass is 304 g/mol. The molecule has 6 heteroatoms. The molecule has 90 valence electrons. The summed E-state index contributed by atoms with van der Waals surface area (Å²) in [6.07, 6.45) is 0. The summed E-state index contributed by atoms with van der Waals surface area (Å²) in [5, 5.41) is 2.95. The molecule has 1 N–H and O–H groups in total. The van der Waals surface area contributed by atoms with Crippen LogP contribution < -0.4 is 5.56 Å². The molecule has 0 saturated heterocycles. The normalized spacial score (nSPS) is 11.0. The minimum absolute atomic E-state index is 0.188. The lowest BCUT2D eigenvalue weighted by molar-refractivity contribution is 0.882. The molecule has 0 aliphatic heterocycles. The van der Waals surface area contributed by atoms with Crippen LogP contribution in [0.1, 0.15) is 5.69 Å². The van der Waals surface area contributed by atoms with E-state index in [9.17, 15) is 4.79 Å². The zero-order valence-corrected chi connectivity index (χ0v) is 11.1. The molecule has 18 heavy (non-hydrogen) atoms. The topological polar surface area (TPSA) is 63.1 Å². The number of aromatic amines is 1. The van der Waals surface area contributed by atoms with Crippen LogP contribution in [0, 0.1) is 6.92 Å². The molecule has 0 saturated carbocycles. The van der Waals surface area contributed by atoms with Gasteiger partial charge in [0.05, 0.1) is 5.69 Å². The second kappa shape index (κ2) is 4.06. The summed E-state index contributed by atoms with van der Waals surface area (Å²) in [7, 11) is 0. The fraction of sp³-hybridized carbons (Fsp3) is 0.0833. The number of nitrogens with zero attached hydrogens (tertiary/aromatic N) is 3. The highest BCUT2D eigenvalue weighted by Gasteiger charge is 2.11. The number of aryl methyl sites for hydroxylation is 1. The predicted molar refractivity (Wildman–Crippen MR) is 71.5 cm³/mol. The van der Waals surface area contributed by atoms with Gasteiger partial charge in [-0.1, -0.05) is 30.3 Å². The maximum Gasteiger partial charge on any atom is 0.288 e. The standard InChI is InChI=1S/C12H9BrN4O/c1-7-9(13)11(18)17-12(14-7)15-10(16-17)8-5-3-2-4-6-8/h2-6H,1H3,(H,14,15,16). The summed E-state index contributed by atoms with van der Waals surface area (Å²) in [5.74, 6) is 0.997. The number of halogens is 1. The third-order valence-electron chi connectivity index (χ3n) is 2.65. The molecule has 0 aliphatic carbocycles. The number of benzene rings is 1. The van der Waals surface area contributed by atoms with Gasteiger partial charge >= 0.3 is 0 Å². The number of aromatic nitrogens is 4. The Kier molecular flexibility index (Phi) is 2.52. The van der Waals surface area contributed by atoms with Gasteiger partial charge in [0.15, 0.2) is 5.82 Å². The van der Waals surface area contributed by atoms with Crippen LogP contribution in [0.15, 0.2) is 39.6 Å². The maximum absolute atomic E-state index is 12.0. The fourth-order valence-corrected chi connectivity index (χ4v) is 1.99. The van der Waals surface area contributed by atoms with Crippen molar-refractivity contribution < 1.29 is 0 Å². The lowest BCUT2D eigenvalue weighted by Crippen LogP contribution is -2.17. The molecule has 0 spiro atoms. The maximum atomic E-state index is 12.0. The highest BCUT2D eigenvalue weighted by Crippen LogP contribution is 2.15. The van der Waals surface area contributed by atoms with Crippen molar-refractivity contribution >= 4 is 21.7 Å². The molecule has 0 radical (unpaired) electrons. The number of nitrogens with one attached hydrogen (secondary N) is 1. The molecule has 3 aromatic rings. The van der Waals surface area contributed by atoms with Crippen LogP contribution in [0.4, 0.5) is 0 Å². The van der Waals surface area contributed by atoms with Crippen molar-refractivity contribution in [2.45, 2.75) is 6.92 Å². The highest BCUT2D eigenvalue weighted by atomic mass is 79.9. The molecule has 0 unspecified atom stereocenters. The first-order chi connectivity index (χ1) is 8.66. The van der Waals surface area contributed by atoms with Crippen molar-refractivity contribution in [1.82, 2.24) is 19.6 Å². The van der Waals surface area contributed by atoms with Crippen molar-refractivity contribution in [2.75, 3.05) is 0 Å². The van der Waals surface area contributed by atoms with E-state index in [1.807, 2.05) is 30.3 Å². The first kappa shape index (κ1) is 11.2. The Morgan fingerprint density at radius 1 is 1.22 bits per heavy atom. The van der Waals surface area contributed by atoms with Crippen LogP contribution in [0.5, 0.6) is 0 Å². The molecule has 0 atom stereocenters. The quantitative estimate of drug-likeness (QED) is 0.749.